The fourth-order valence-corrected chi connectivity index (χ4v) is 2.28. The first kappa shape index (κ1) is 5.76. The summed E-state index contributed by atoms with van der Waals surface area (Å²) in [6.07, 6.45) is 7.31. The Morgan fingerprint density at radius 3 is 3.00 bits per heavy atom. The Morgan fingerprint density at radius 2 is 2.18 bits per heavy atom. The Kier molecular flexibility index (Phi) is 0.867. The van der Waals surface area contributed by atoms with Crippen molar-refractivity contribution < 1.29 is 0 Å². The Bertz CT molecular complexity index is 299. The van der Waals surface area contributed by atoms with Crippen LogP contribution in [-0.4, -0.2) is 4.98 Å². The van der Waals surface area contributed by atoms with Crippen molar-refractivity contribution in [3.8, 4) is 0 Å². The second kappa shape index (κ2) is 1.66. The minimum atomic E-state index is 0.615. The molecule has 1 saturated carbocycles. The van der Waals surface area contributed by atoms with Crippen LogP contribution in [0.4, 0.5) is 0 Å². The minimum absolute atomic E-state index is 0.615. The molecule has 1 aromatic heterocycles. The normalized spacial score (nSPS) is 23.6. The van der Waals surface area contributed by atoms with Gasteiger partial charge in [0.15, 0.2) is 0 Å². The first-order valence-electron chi connectivity index (χ1n) is 4.35. The zero-order chi connectivity index (χ0) is 7.31. The monoisotopic (exact) mass is 145 g/mol. The molecule has 11 heavy (non-hydrogen) atoms. The van der Waals surface area contributed by atoms with Gasteiger partial charge in [-0.3, -0.25) is 4.98 Å². The fourth-order valence-electron chi connectivity index (χ4n) is 2.28. The van der Waals surface area contributed by atoms with Crippen molar-refractivity contribution in [1.29, 1.82) is 0 Å². The molecule has 0 aromatic carbocycles. The molecule has 0 unspecified atom stereocenters. The lowest BCUT2D eigenvalue weighted by Gasteiger charge is -2.04. The summed E-state index contributed by atoms with van der Waals surface area (Å²) < 4.78 is 0. The van der Waals surface area contributed by atoms with Gasteiger partial charge in [0.1, 0.15) is 0 Å². The second-order valence-corrected chi connectivity index (χ2v) is 3.78. The number of aryl methyl sites for hydroxylation is 1. The molecular weight excluding hydrogens is 134 g/mol. The van der Waals surface area contributed by atoms with E-state index in [0.29, 0.717) is 5.41 Å². The van der Waals surface area contributed by atoms with Crippen LogP contribution in [0.3, 0.4) is 0 Å². The van der Waals surface area contributed by atoms with Gasteiger partial charge < -0.3 is 0 Å². The van der Waals surface area contributed by atoms with E-state index in [0.717, 1.165) is 0 Å². The van der Waals surface area contributed by atoms with Crippen LogP contribution >= 0.6 is 0 Å². The Morgan fingerprint density at radius 1 is 1.27 bits per heavy atom. The minimum Gasteiger partial charge on any atom is -0.261 e. The molecule has 2 aliphatic rings. The number of nitrogens with zero attached hydrogens (tertiary/aromatic N) is 1. The van der Waals surface area contributed by atoms with Crippen LogP contribution in [0.15, 0.2) is 18.3 Å². The molecule has 0 radical (unpaired) electrons. The first-order chi connectivity index (χ1) is 5.41. The molecule has 0 amide bonds. The van der Waals surface area contributed by atoms with Crippen molar-refractivity contribution in [1.82, 2.24) is 4.98 Å². The van der Waals surface area contributed by atoms with Gasteiger partial charge in [-0.2, -0.15) is 0 Å². The van der Waals surface area contributed by atoms with Crippen molar-refractivity contribution in [2.75, 3.05) is 0 Å². The molecule has 0 saturated heterocycles. The van der Waals surface area contributed by atoms with Gasteiger partial charge in [0, 0.05) is 11.9 Å². The quantitative estimate of drug-likeness (QED) is 0.544. The zero-order valence-electron chi connectivity index (χ0n) is 6.51. The summed E-state index contributed by atoms with van der Waals surface area (Å²) in [4.78, 5) is 4.39. The van der Waals surface area contributed by atoms with E-state index in [1.165, 1.54) is 31.4 Å². The molecule has 1 spiro atoms. The predicted octanol–water partition coefficient (Wildman–Crippen LogP) is 2.06. The summed E-state index contributed by atoms with van der Waals surface area (Å²) in [5, 5.41) is 0. The molecule has 1 aromatic rings. The van der Waals surface area contributed by atoms with E-state index >= 15 is 0 Å². The summed E-state index contributed by atoms with van der Waals surface area (Å²) in [5.74, 6) is 0. The third-order valence-electron chi connectivity index (χ3n) is 3.16. The lowest BCUT2D eigenvalue weighted by Crippen LogP contribution is -1.99. The topological polar surface area (TPSA) is 12.9 Å². The number of rotatable bonds is 0. The van der Waals surface area contributed by atoms with E-state index in [9.17, 15) is 0 Å². The van der Waals surface area contributed by atoms with Crippen LogP contribution in [0.1, 0.15) is 30.5 Å². The Hall–Kier alpha value is -0.850. The largest absolute Gasteiger partial charge is 0.261 e. The summed E-state index contributed by atoms with van der Waals surface area (Å²) in [7, 11) is 0. The van der Waals surface area contributed by atoms with Gasteiger partial charge in [-0.05, 0) is 42.7 Å². The Balaban J connectivity index is 2.21. The highest BCUT2D eigenvalue weighted by Crippen LogP contribution is 2.55. The predicted molar refractivity (Wildman–Crippen MR) is 43.5 cm³/mol. The summed E-state index contributed by atoms with van der Waals surface area (Å²) in [6, 6.07) is 4.34. The lowest BCUT2D eigenvalue weighted by molar-refractivity contribution is 0.680. The summed E-state index contributed by atoms with van der Waals surface area (Å²) >= 11 is 0. The molecule has 1 heteroatoms. The van der Waals surface area contributed by atoms with Crippen molar-refractivity contribution in [3.63, 3.8) is 0 Å². The summed E-state index contributed by atoms with van der Waals surface area (Å²) in [6.45, 7) is 0. The second-order valence-electron chi connectivity index (χ2n) is 3.78. The van der Waals surface area contributed by atoms with Crippen molar-refractivity contribution >= 4 is 0 Å². The van der Waals surface area contributed by atoms with Crippen LogP contribution in [0, 0.1) is 0 Å². The van der Waals surface area contributed by atoms with E-state index in [4.69, 9.17) is 0 Å². The molecule has 1 fully saturated rings. The third-order valence-corrected chi connectivity index (χ3v) is 3.16. The number of aromatic nitrogens is 1. The lowest BCUT2D eigenvalue weighted by atomic mass is 10.0. The van der Waals surface area contributed by atoms with Crippen molar-refractivity contribution in [2.24, 2.45) is 0 Å². The van der Waals surface area contributed by atoms with Crippen LogP contribution in [0.2, 0.25) is 0 Å². The molecule has 2 aliphatic carbocycles. The number of hydrogen-bond donors (Lipinski definition) is 0. The average molecular weight is 145 g/mol. The van der Waals surface area contributed by atoms with E-state index in [1.54, 1.807) is 5.56 Å². The highest BCUT2D eigenvalue weighted by molar-refractivity contribution is 5.39. The van der Waals surface area contributed by atoms with Gasteiger partial charge in [-0.15, -0.1) is 0 Å². The molecule has 0 N–H and O–H groups in total. The van der Waals surface area contributed by atoms with Gasteiger partial charge in [-0.1, -0.05) is 6.07 Å². The maximum Gasteiger partial charge on any atom is 0.0441 e. The molecule has 0 atom stereocenters. The van der Waals surface area contributed by atoms with Gasteiger partial charge in [0.25, 0.3) is 0 Å². The van der Waals surface area contributed by atoms with Crippen LogP contribution in [0.25, 0.3) is 0 Å². The van der Waals surface area contributed by atoms with Crippen molar-refractivity contribution in [3.05, 3.63) is 29.6 Å². The molecule has 1 nitrogen and oxygen atoms in total. The van der Waals surface area contributed by atoms with E-state index < -0.39 is 0 Å². The smallest absolute Gasteiger partial charge is 0.0441 e. The van der Waals surface area contributed by atoms with Gasteiger partial charge in [0.05, 0.1) is 0 Å². The maximum absolute atomic E-state index is 4.39. The highest BCUT2D eigenvalue weighted by atomic mass is 14.7. The van der Waals surface area contributed by atoms with Crippen LogP contribution in [-0.2, 0) is 11.8 Å². The van der Waals surface area contributed by atoms with E-state index in [1.807, 2.05) is 6.20 Å². The third kappa shape index (κ3) is 0.635. The molecule has 1 heterocycles. The number of fused-ring (bicyclic) bond motifs is 2. The average Bonchev–Trinajstić information content (AvgIpc) is 2.72. The first-order valence-corrected chi connectivity index (χ1v) is 4.35. The SMILES string of the molecule is c1cnc2c(c1)C1(CC2)CC1. The molecule has 56 valence electrons. The number of hydrogen-bond acceptors (Lipinski definition) is 1. The van der Waals surface area contributed by atoms with Gasteiger partial charge in [-0.25, -0.2) is 0 Å². The standard InChI is InChI=1S/C10H11N/c1-2-8-9(11-7-1)3-4-10(8)5-6-10/h1-2,7H,3-6H2. The Labute approximate surface area is 66.5 Å². The van der Waals surface area contributed by atoms with Crippen LogP contribution in [0.5, 0.6) is 0 Å². The van der Waals surface area contributed by atoms with E-state index in [2.05, 4.69) is 17.1 Å². The fraction of sp³-hybridized carbons (Fsp3) is 0.500. The van der Waals surface area contributed by atoms with E-state index in [-0.39, 0.29) is 0 Å². The molecule has 0 aliphatic heterocycles. The summed E-state index contributed by atoms with van der Waals surface area (Å²) in [5.41, 5.74) is 3.54. The maximum atomic E-state index is 4.39. The van der Waals surface area contributed by atoms with Crippen molar-refractivity contribution in [2.45, 2.75) is 31.1 Å². The highest BCUT2D eigenvalue weighted by Gasteiger charge is 2.48. The number of pyridine rings is 1. The molecular formula is C10H11N. The van der Waals surface area contributed by atoms with Crippen LogP contribution < -0.4 is 0 Å². The van der Waals surface area contributed by atoms with Gasteiger partial charge in [0.2, 0.25) is 0 Å². The molecule has 0 bridgehead atoms. The van der Waals surface area contributed by atoms with Gasteiger partial charge >= 0.3 is 0 Å². The molecule has 3 rings (SSSR count). The zero-order valence-corrected chi connectivity index (χ0v) is 6.51.